The fraction of sp³-hybridized carbons (Fsp3) is 0.526. The summed E-state index contributed by atoms with van der Waals surface area (Å²) in [6.07, 6.45) is 10.5. The van der Waals surface area contributed by atoms with Crippen molar-refractivity contribution in [2.45, 2.75) is 65.1 Å². The van der Waals surface area contributed by atoms with Crippen LogP contribution in [0.3, 0.4) is 0 Å². The number of aromatic carboxylic acids is 1. The van der Waals surface area contributed by atoms with E-state index < -0.39 is 17.7 Å². The molecule has 0 aromatic carbocycles. The number of amides is 1. The molecule has 0 aliphatic carbocycles. The SMILES string of the molecule is CC(C)(C)OC(=O)Nc1ccn(CCCCCCn2ccnc2C(=O)O)c1. The summed E-state index contributed by atoms with van der Waals surface area (Å²) in [4.78, 5) is 26.6. The summed E-state index contributed by atoms with van der Waals surface area (Å²) >= 11 is 0. The van der Waals surface area contributed by atoms with E-state index in [9.17, 15) is 9.59 Å². The molecule has 2 rings (SSSR count). The van der Waals surface area contributed by atoms with E-state index in [0.717, 1.165) is 32.2 Å². The molecule has 0 spiro atoms. The van der Waals surface area contributed by atoms with Gasteiger partial charge in [0.15, 0.2) is 0 Å². The summed E-state index contributed by atoms with van der Waals surface area (Å²) in [6, 6.07) is 1.84. The first-order valence-electron chi connectivity index (χ1n) is 9.15. The summed E-state index contributed by atoms with van der Waals surface area (Å²) in [5.41, 5.74) is 0.194. The monoisotopic (exact) mass is 376 g/mol. The predicted molar refractivity (Wildman–Crippen MR) is 102 cm³/mol. The number of carbonyl (C=O) groups excluding carboxylic acids is 1. The minimum atomic E-state index is -0.997. The molecule has 0 aliphatic rings. The maximum absolute atomic E-state index is 11.7. The highest BCUT2D eigenvalue weighted by Crippen LogP contribution is 2.13. The van der Waals surface area contributed by atoms with E-state index in [1.54, 1.807) is 10.8 Å². The van der Waals surface area contributed by atoms with Crippen LogP contribution in [0.25, 0.3) is 0 Å². The minimum Gasteiger partial charge on any atom is -0.475 e. The van der Waals surface area contributed by atoms with Crippen LogP contribution in [-0.4, -0.2) is 36.9 Å². The molecule has 0 atom stereocenters. The fourth-order valence-corrected chi connectivity index (χ4v) is 2.69. The quantitative estimate of drug-likeness (QED) is 0.645. The summed E-state index contributed by atoms with van der Waals surface area (Å²) < 4.78 is 8.93. The van der Waals surface area contributed by atoms with Crippen molar-refractivity contribution >= 4 is 17.7 Å². The Labute approximate surface area is 159 Å². The largest absolute Gasteiger partial charge is 0.475 e. The van der Waals surface area contributed by atoms with Crippen LogP contribution in [0.15, 0.2) is 30.9 Å². The van der Waals surface area contributed by atoms with Crippen LogP contribution < -0.4 is 5.32 Å². The van der Waals surface area contributed by atoms with Crippen LogP contribution in [-0.2, 0) is 17.8 Å². The van der Waals surface area contributed by atoms with Gasteiger partial charge in [0.2, 0.25) is 5.82 Å². The summed E-state index contributed by atoms with van der Waals surface area (Å²) in [6.45, 7) is 7.00. The zero-order valence-electron chi connectivity index (χ0n) is 16.1. The number of aromatic nitrogens is 3. The molecule has 2 heterocycles. The number of hydrogen-bond donors (Lipinski definition) is 2. The zero-order chi connectivity index (χ0) is 19.9. The molecule has 8 heteroatoms. The van der Waals surface area contributed by atoms with Gasteiger partial charge in [-0.15, -0.1) is 0 Å². The van der Waals surface area contributed by atoms with Gasteiger partial charge in [-0.05, 0) is 39.7 Å². The molecular formula is C19H28N4O4. The Balaban J connectivity index is 1.63. The number of nitrogens with one attached hydrogen (secondary N) is 1. The molecule has 148 valence electrons. The normalized spacial score (nSPS) is 11.4. The van der Waals surface area contributed by atoms with Gasteiger partial charge in [0.1, 0.15) is 5.60 Å². The summed E-state index contributed by atoms with van der Waals surface area (Å²) in [5.74, 6) is -0.907. The van der Waals surface area contributed by atoms with Crippen LogP contribution in [0.2, 0.25) is 0 Å². The van der Waals surface area contributed by atoms with Gasteiger partial charge < -0.3 is 19.0 Å². The molecule has 2 aromatic rings. The maximum Gasteiger partial charge on any atom is 0.412 e. The number of imidazole rings is 1. The molecule has 2 N–H and O–H groups in total. The van der Waals surface area contributed by atoms with Crippen LogP contribution in [0.5, 0.6) is 0 Å². The van der Waals surface area contributed by atoms with E-state index in [1.807, 2.05) is 43.8 Å². The first kappa shape index (κ1) is 20.5. The average Bonchev–Trinajstić information content (AvgIpc) is 3.18. The lowest BCUT2D eigenvalue weighted by molar-refractivity contribution is 0.0633. The lowest BCUT2D eigenvalue weighted by Gasteiger charge is -2.19. The first-order valence-corrected chi connectivity index (χ1v) is 9.15. The lowest BCUT2D eigenvalue weighted by Crippen LogP contribution is -2.27. The van der Waals surface area contributed by atoms with Crippen LogP contribution in [0, 0.1) is 0 Å². The van der Waals surface area contributed by atoms with Gasteiger partial charge >= 0.3 is 12.1 Å². The maximum atomic E-state index is 11.7. The Kier molecular flexibility index (Phi) is 7.04. The van der Waals surface area contributed by atoms with Crippen LogP contribution in [0.4, 0.5) is 10.5 Å². The van der Waals surface area contributed by atoms with Crippen LogP contribution in [0.1, 0.15) is 57.1 Å². The van der Waals surface area contributed by atoms with Crippen molar-refractivity contribution in [2.24, 2.45) is 0 Å². The molecule has 0 unspecified atom stereocenters. The number of carbonyl (C=O) groups is 2. The summed E-state index contributed by atoms with van der Waals surface area (Å²) in [7, 11) is 0. The Morgan fingerprint density at radius 1 is 1.15 bits per heavy atom. The number of ether oxygens (including phenoxy) is 1. The highest BCUT2D eigenvalue weighted by Gasteiger charge is 2.16. The van der Waals surface area contributed by atoms with Crippen molar-refractivity contribution in [2.75, 3.05) is 5.32 Å². The highest BCUT2D eigenvalue weighted by molar-refractivity contribution is 5.84. The van der Waals surface area contributed by atoms with E-state index in [-0.39, 0.29) is 5.82 Å². The van der Waals surface area contributed by atoms with Crippen molar-refractivity contribution in [3.8, 4) is 0 Å². The van der Waals surface area contributed by atoms with Crippen LogP contribution >= 0.6 is 0 Å². The van der Waals surface area contributed by atoms with E-state index in [2.05, 4.69) is 10.3 Å². The third-order valence-electron chi connectivity index (χ3n) is 3.87. The second kappa shape index (κ2) is 9.25. The molecule has 27 heavy (non-hydrogen) atoms. The lowest BCUT2D eigenvalue weighted by atomic mass is 10.2. The van der Waals surface area contributed by atoms with Crippen molar-refractivity contribution in [1.82, 2.24) is 14.1 Å². The smallest absolute Gasteiger partial charge is 0.412 e. The van der Waals surface area contributed by atoms with Crippen molar-refractivity contribution in [1.29, 1.82) is 0 Å². The number of anilines is 1. The highest BCUT2D eigenvalue weighted by atomic mass is 16.6. The Morgan fingerprint density at radius 3 is 2.52 bits per heavy atom. The zero-order valence-corrected chi connectivity index (χ0v) is 16.1. The Bertz CT molecular complexity index is 758. The second-order valence-corrected chi connectivity index (χ2v) is 7.43. The molecule has 0 aliphatic heterocycles. The fourth-order valence-electron chi connectivity index (χ4n) is 2.69. The first-order chi connectivity index (χ1) is 12.7. The second-order valence-electron chi connectivity index (χ2n) is 7.43. The van der Waals surface area contributed by atoms with E-state index in [0.29, 0.717) is 12.2 Å². The van der Waals surface area contributed by atoms with Gasteiger partial charge in [0, 0.05) is 37.9 Å². The minimum absolute atomic E-state index is 0.0901. The molecule has 0 radical (unpaired) electrons. The van der Waals surface area contributed by atoms with E-state index in [4.69, 9.17) is 9.84 Å². The van der Waals surface area contributed by atoms with E-state index >= 15 is 0 Å². The van der Waals surface area contributed by atoms with Gasteiger partial charge in [-0.2, -0.15) is 0 Å². The number of unbranched alkanes of at least 4 members (excludes halogenated alkanes) is 3. The number of carboxylic acid groups (broad SMARTS) is 1. The van der Waals surface area contributed by atoms with Gasteiger partial charge in [0.25, 0.3) is 0 Å². The number of nitrogens with zero attached hydrogens (tertiary/aromatic N) is 3. The molecule has 1 amide bonds. The molecule has 0 bridgehead atoms. The topological polar surface area (TPSA) is 98.4 Å². The predicted octanol–water partition coefficient (Wildman–Crippen LogP) is 3.99. The van der Waals surface area contributed by atoms with Crippen molar-refractivity contribution in [3.63, 3.8) is 0 Å². The standard InChI is InChI=1S/C19H28N4O4/c1-19(2,3)27-18(26)21-15-8-12-22(14-15)10-6-4-5-7-11-23-13-9-20-16(23)17(24)25/h8-9,12-14H,4-7,10-11H2,1-3H3,(H,21,26)(H,24,25). The number of aryl methyl sites for hydroxylation is 2. The van der Waals surface area contributed by atoms with Crippen molar-refractivity contribution in [3.05, 3.63) is 36.7 Å². The average molecular weight is 376 g/mol. The van der Waals surface area contributed by atoms with Gasteiger partial charge in [-0.1, -0.05) is 12.8 Å². The van der Waals surface area contributed by atoms with Gasteiger partial charge in [0.05, 0.1) is 5.69 Å². The van der Waals surface area contributed by atoms with E-state index in [1.165, 1.54) is 6.20 Å². The molecule has 2 aromatic heterocycles. The number of hydrogen-bond acceptors (Lipinski definition) is 4. The van der Waals surface area contributed by atoms with Crippen molar-refractivity contribution < 1.29 is 19.4 Å². The Morgan fingerprint density at radius 2 is 1.85 bits per heavy atom. The number of rotatable bonds is 9. The molecule has 0 fully saturated rings. The third kappa shape index (κ3) is 7.16. The molecule has 0 saturated heterocycles. The molecule has 0 saturated carbocycles. The van der Waals surface area contributed by atoms with Gasteiger partial charge in [-0.25, -0.2) is 14.6 Å². The summed E-state index contributed by atoms with van der Waals surface area (Å²) in [5, 5.41) is 11.7. The Hall–Kier alpha value is -2.77. The number of carboxylic acids is 1. The van der Waals surface area contributed by atoms with Gasteiger partial charge in [-0.3, -0.25) is 5.32 Å². The third-order valence-corrected chi connectivity index (χ3v) is 3.87. The molecule has 8 nitrogen and oxygen atoms in total. The molecular weight excluding hydrogens is 348 g/mol.